The summed E-state index contributed by atoms with van der Waals surface area (Å²) >= 11 is 0. The lowest BCUT2D eigenvalue weighted by atomic mass is 10.0. The minimum absolute atomic E-state index is 0.00876. The van der Waals surface area contributed by atoms with Crippen molar-refractivity contribution in [3.63, 3.8) is 0 Å². The number of likely N-dealkylation sites (tertiary alicyclic amines) is 1. The Balaban J connectivity index is 1.81. The summed E-state index contributed by atoms with van der Waals surface area (Å²) in [7, 11) is 0.468. The topological polar surface area (TPSA) is 49.9 Å². The number of sulfonamides is 1. The molecule has 1 aromatic carbocycles. The van der Waals surface area contributed by atoms with Gasteiger partial charge in [-0.05, 0) is 38.6 Å². The first-order valence-corrected chi connectivity index (χ1v) is 9.42. The first kappa shape index (κ1) is 17.2. The summed E-state index contributed by atoms with van der Waals surface area (Å²) in [6.07, 6.45) is 3.45. The van der Waals surface area contributed by atoms with Gasteiger partial charge in [-0.3, -0.25) is 0 Å². The minimum atomic E-state index is -3.27. The minimum Gasteiger partial charge on any atom is -0.492 e. The van der Waals surface area contributed by atoms with Gasteiger partial charge in [-0.1, -0.05) is 24.6 Å². The zero-order valence-electron chi connectivity index (χ0n) is 13.4. The summed E-state index contributed by atoms with van der Waals surface area (Å²) in [5.74, 6) is 0.710. The number of piperidine rings is 1. The predicted octanol–water partition coefficient (Wildman–Crippen LogP) is 1.81. The van der Waals surface area contributed by atoms with Crippen molar-refractivity contribution in [1.82, 2.24) is 9.21 Å². The Kier molecular flexibility index (Phi) is 6.23. The van der Waals surface area contributed by atoms with Gasteiger partial charge in [0, 0.05) is 19.6 Å². The molecule has 1 heterocycles. The maximum atomic E-state index is 12.3. The van der Waals surface area contributed by atoms with Crippen molar-refractivity contribution in [1.29, 1.82) is 0 Å². The largest absolute Gasteiger partial charge is 0.492 e. The highest BCUT2D eigenvalue weighted by Gasteiger charge is 2.25. The van der Waals surface area contributed by atoms with Crippen LogP contribution in [-0.2, 0) is 10.0 Å². The predicted molar refractivity (Wildman–Crippen MR) is 88.6 cm³/mol. The van der Waals surface area contributed by atoms with E-state index in [-0.39, 0.29) is 12.4 Å². The lowest BCUT2D eigenvalue weighted by Gasteiger charge is -2.34. The van der Waals surface area contributed by atoms with Crippen molar-refractivity contribution in [2.45, 2.75) is 25.3 Å². The first-order valence-electron chi connectivity index (χ1n) is 7.81. The molecule has 124 valence electrons. The fourth-order valence-electron chi connectivity index (χ4n) is 2.72. The van der Waals surface area contributed by atoms with E-state index in [1.54, 1.807) is 7.05 Å². The summed E-state index contributed by atoms with van der Waals surface area (Å²) in [5.41, 5.74) is 0. The molecule has 0 aliphatic carbocycles. The smallest absolute Gasteiger partial charge is 0.217 e. The van der Waals surface area contributed by atoms with Crippen LogP contribution in [0.5, 0.6) is 5.75 Å². The van der Waals surface area contributed by atoms with E-state index >= 15 is 0 Å². The number of hydrogen-bond donors (Lipinski definition) is 0. The molecule has 0 N–H and O–H groups in total. The number of rotatable bonds is 7. The Morgan fingerprint density at radius 1 is 1.27 bits per heavy atom. The van der Waals surface area contributed by atoms with Crippen LogP contribution in [0.15, 0.2) is 30.3 Å². The number of para-hydroxylation sites is 1. The molecule has 1 unspecified atom stereocenters. The molecule has 2 rings (SSSR count). The molecule has 0 amide bonds. The van der Waals surface area contributed by atoms with Crippen LogP contribution >= 0.6 is 0 Å². The van der Waals surface area contributed by atoms with Crippen molar-refractivity contribution in [2.75, 3.05) is 39.5 Å². The van der Waals surface area contributed by atoms with Crippen LogP contribution in [0.2, 0.25) is 0 Å². The molecule has 1 aliphatic heterocycles. The normalized spacial score (nSPS) is 20.2. The number of benzene rings is 1. The van der Waals surface area contributed by atoms with Gasteiger partial charge in [0.25, 0.3) is 0 Å². The Bertz CT molecular complexity index is 548. The number of hydrogen-bond acceptors (Lipinski definition) is 4. The van der Waals surface area contributed by atoms with Crippen LogP contribution in [0, 0.1) is 0 Å². The average Bonchev–Trinajstić information content (AvgIpc) is 2.50. The third kappa shape index (κ3) is 4.97. The van der Waals surface area contributed by atoms with Gasteiger partial charge >= 0.3 is 0 Å². The summed E-state index contributed by atoms with van der Waals surface area (Å²) in [6, 6.07) is 9.62. The molecule has 1 saturated heterocycles. The summed E-state index contributed by atoms with van der Waals surface area (Å²) in [5, 5.41) is 0. The van der Waals surface area contributed by atoms with E-state index < -0.39 is 10.0 Å². The third-order valence-corrected chi connectivity index (χ3v) is 6.00. The average molecular weight is 326 g/mol. The molecule has 0 radical (unpaired) electrons. The van der Waals surface area contributed by atoms with Crippen molar-refractivity contribution >= 4 is 10.0 Å². The first-order chi connectivity index (χ1) is 10.5. The fraction of sp³-hybridized carbons (Fsp3) is 0.625. The van der Waals surface area contributed by atoms with E-state index in [1.807, 2.05) is 30.3 Å². The quantitative estimate of drug-likeness (QED) is 0.767. The van der Waals surface area contributed by atoms with Gasteiger partial charge in [-0.15, -0.1) is 0 Å². The van der Waals surface area contributed by atoms with Crippen LogP contribution < -0.4 is 4.74 Å². The number of likely N-dealkylation sites (N-methyl/N-ethyl adjacent to an activating group) is 2. The summed E-state index contributed by atoms with van der Waals surface area (Å²) < 4.78 is 31.6. The molecule has 1 aliphatic rings. The van der Waals surface area contributed by atoms with Gasteiger partial charge in [0.2, 0.25) is 10.0 Å². The van der Waals surface area contributed by atoms with Gasteiger partial charge in [-0.25, -0.2) is 12.7 Å². The lowest BCUT2D eigenvalue weighted by Crippen LogP contribution is -2.46. The highest BCUT2D eigenvalue weighted by molar-refractivity contribution is 7.89. The molecular formula is C16H26N2O3S. The van der Waals surface area contributed by atoms with E-state index in [0.29, 0.717) is 18.3 Å². The zero-order valence-corrected chi connectivity index (χ0v) is 14.3. The monoisotopic (exact) mass is 326 g/mol. The lowest BCUT2D eigenvalue weighted by molar-refractivity contribution is 0.165. The second-order valence-corrected chi connectivity index (χ2v) is 8.08. The molecule has 0 saturated carbocycles. The molecule has 1 aromatic rings. The second-order valence-electron chi connectivity index (χ2n) is 5.89. The molecule has 6 heteroatoms. The Morgan fingerprint density at radius 2 is 2.00 bits per heavy atom. The van der Waals surface area contributed by atoms with Crippen LogP contribution in [0.3, 0.4) is 0 Å². The van der Waals surface area contributed by atoms with Crippen LogP contribution in [0.4, 0.5) is 0 Å². The molecule has 1 atom stereocenters. The van der Waals surface area contributed by atoms with E-state index in [1.165, 1.54) is 17.1 Å². The van der Waals surface area contributed by atoms with Crippen molar-refractivity contribution in [2.24, 2.45) is 0 Å². The molecule has 5 nitrogen and oxygen atoms in total. The van der Waals surface area contributed by atoms with Crippen LogP contribution in [-0.4, -0.2) is 63.2 Å². The van der Waals surface area contributed by atoms with Gasteiger partial charge < -0.3 is 9.64 Å². The summed E-state index contributed by atoms with van der Waals surface area (Å²) in [6.45, 7) is 1.79. The van der Waals surface area contributed by atoms with Crippen molar-refractivity contribution in [3.05, 3.63) is 30.3 Å². The Morgan fingerprint density at radius 3 is 2.68 bits per heavy atom. The molecule has 0 bridgehead atoms. The van der Waals surface area contributed by atoms with E-state index in [0.717, 1.165) is 13.0 Å². The molecule has 0 aromatic heterocycles. The Labute approximate surface area is 133 Å². The van der Waals surface area contributed by atoms with Gasteiger partial charge in [0.1, 0.15) is 12.4 Å². The number of ether oxygens (including phenoxy) is 1. The summed E-state index contributed by atoms with van der Waals surface area (Å²) in [4.78, 5) is 2.26. The van der Waals surface area contributed by atoms with E-state index in [2.05, 4.69) is 11.9 Å². The Hall–Kier alpha value is -1.11. The highest BCUT2D eigenvalue weighted by atomic mass is 32.2. The zero-order chi connectivity index (χ0) is 16.0. The molecule has 1 fully saturated rings. The SMILES string of the molecule is CN1CCCCC1CN(C)S(=O)(=O)CCOc1ccccc1. The number of nitrogens with zero attached hydrogens (tertiary/aromatic N) is 2. The van der Waals surface area contributed by atoms with Gasteiger partial charge in [-0.2, -0.15) is 0 Å². The van der Waals surface area contributed by atoms with E-state index in [9.17, 15) is 8.42 Å². The van der Waals surface area contributed by atoms with Crippen molar-refractivity contribution in [3.8, 4) is 5.75 Å². The second kappa shape index (κ2) is 7.94. The van der Waals surface area contributed by atoms with Crippen molar-refractivity contribution < 1.29 is 13.2 Å². The van der Waals surface area contributed by atoms with E-state index in [4.69, 9.17) is 4.74 Å². The molecular weight excluding hydrogens is 300 g/mol. The molecule has 22 heavy (non-hydrogen) atoms. The highest BCUT2D eigenvalue weighted by Crippen LogP contribution is 2.17. The van der Waals surface area contributed by atoms with Gasteiger partial charge in [0.15, 0.2) is 0 Å². The standard InChI is InChI=1S/C16H26N2O3S/c1-17-11-7-6-8-15(17)14-18(2)22(19,20)13-12-21-16-9-4-3-5-10-16/h3-5,9-10,15H,6-8,11-14H2,1-2H3. The third-order valence-electron chi connectivity index (χ3n) is 4.22. The molecule has 0 spiro atoms. The van der Waals surface area contributed by atoms with Crippen LogP contribution in [0.25, 0.3) is 0 Å². The maximum Gasteiger partial charge on any atom is 0.217 e. The van der Waals surface area contributed by atoms with Gasteiger partial charge in [0.05, 0.1) is 5.75 Å². The fourth-order valence-corrected chi connectivity index (χ4v) is 3.73. The maximum absolute atomic E-state index is 12.3. The van der Waals surface area contributed by atoms with Crippen LogP contribution in [0.1, 0.15) is 19.3 Å².